The number of carbonyl (C=O) groups excluding carboxylic acids is 1. The van der Waals surface area contributed by atoms with Crippen LogP contribution in [-0.2, 0) is 24.3 Å². The molecule has 0 aliphatic rings. The van der Waals surface area contributed by atoms with Gasteiger partial charge in [0, 0.05) is 13.0 Å². The summed E-state index contributed by atoms with van der Waals surface area (Å²) in [6, 6.07) is 0. The molecule has 4 atom stereocenters. The van der Waals surface area contributed by atoms with E-state index in [-0.39, 0.29) is 32.6 Å². The van der Waals surface area contributed by atoms with Gasteiger partial charge in [0.15, 0.2) is 6.29 Å². The maximum atomic E-state index is 11.3. The van der Waals surface area contributed by atoms with E-state index in [1.807, 2.05) is 0 Å². The molecule has 0 unspecified atom stereocenters. The van der Waals surface area contributed by atoms with E-state index in [1.54, 1.807) is 0 Å². The fourth-order valence-electron chi connectivity index (χ4n) is 1.81. The van der Waals surface area contributed by atoms with Crippen LogP contribution in [0.1, 0.15) is 19.8 Å². The number of aliphatic hydroxyl groups is 4. The maximum absolute atomic E-state index is 11.3. The molecule has 0 fully saturated rings. The SMILES string of the molecule is C[C@@H](O)[C@H](O)[C@@H](CO)O[C@H](CO)OCCCOC(=O)NCCCS(=O)(=O)O. The average molecular weight is 419 g/mol. The molecule has 1 amide bonds. The van der Waals surface area contributed by atoms with Crippen molar-refractivity contribution in [2.45, 2.75) is 44.4 Å². The minimum absolute atomic E-state index is 0.0176. The topological polar surface area (TPSA) is 192 Å². The molecule has 0 aliphatic heterocycles. The van der Waals surface area contributed by atoms with Crippen LogP contribution < -0.4 is 5.32 Å². The number of hydrogen-bond donors (Lipinski definition) is 6. The zero-order chi connectivity index (χ0) is 20.9. The Labute approximate surface area is 157 Å². The second-order valence-electron chi connectivity index (χ2n) is 5.63. The van der Waals surface area contributed by atoms with Crippen LogP contribution in [-0.4, -0.2) is 103 Å². The standard InChI is InChI=1S/C14H29NO11S/c1-10(18)13(19)11(8-16)26-12(9-17)24-5-3-6-25-14(20)15-4-2-7-27(21,22)23/h10-13,16-19H,2-9H2,1H3,(H,15,20)(H,21,22,23)/t10-,11-,12-,13+/m1/s1. The predicted octanol–water partition coefficient (Wildman–Crippen LogP) is -2.17. The van der Waals surface area contributed by atoms with Gasteiger partial charge in [0.2, 0.25) is 0 Å². The quantitative estimate of drug-likeness (QED) is 0.0961. The molecular weight excluding hydrogens is 390 g/mol. The van der Waals surface area contributed by atoms with E-state index in [4.69, 9.17) is 23.9 Å². The van der Waals surface area contributed by atoms with E-state index in [2.05, 4.69) is 5.32 Å². The van der Waals surface area contributed by atoms with Crippen molar-refractivity contribution in [3.63, 3.8) is 0 Å². The highest BCUT2D eigenvalue weighted by atomic mass is 32.2. The van der Waals surface area contributed by atoms with Crippen molar-refractivity contribution in [1.82, 2.24) is 5.32 Å². The Kier molecular flexibility index (Phi) is 13.5. The zero-order valence-corrected chi connectivity index (χ0v) is 15.9. The molecule has 0 aromatic rings. The van der Waals surface area contributed by atoms with E-state index < -0.39 is 59.8 Å². The molecule has 0 saturated carbocycles. The number of nitrogens with one attached hydrogen (secondary N) is 1. The first-order valence-corrected chi connectivity index (χ1v) is 9.92. The molecule has 0 aromatic heterocycles. The summed E-state index contributed by atoms with van der Waals surface area (Å²) in [5.74, 6) is -0.470. The third-order valence-electron chi connectivity index (χ3n) is 3.20. The lowest BCUT2D eigenvalue weighted by molar-refractivity contribution is -0.222. The molecule has 0 spiro atoms. The Bertz CT molecular complexity index is 499. The summed E-state index contributed by atoms with van der Waals surface area (Å²) in [5.41, 5.74) is 0. The second-order valence-corrected chi connectivity index (χ2v) is 7.20. The lowest BCUT2D eigenvalue weighted by atomic mass is 10.1. The molecule has 12 nitrogen and oxygen atoms in total. The molecule has 0 rings (SSSR count). The zero-order valence-electron chi connectivity index (χ0n) is 15.1. The van der Waals surface area contributed by atoms with Gasteiger partial charge in [-0.25, -0.2) is 4.79 Å². The molecule has 27 heavy (non-hydrogen) atoms. The van der Waals surface area contributed by atoms with Gasteiger partial charge in [0.05, 0.1) is 38.3 Å². The summed E-state index contributed by atoms with van der Waals surface area (Å²) in [6.45, 7) is 0.192. The minimum atomic E-state index is -4.06. The molecule has 0 radical (unpaired) electrons. The van der Waals surface area contributed by atoms with Crippen molar-refractivity contribution in [2.24, 2.45) is 0 Å². The Morgan fingerprint density at radius 1 is 1.11 bits per heavy atom. The van der Waals surface area contributed by atoms with Crippen LogP contribution in [0.2, 0.25) is 0 Å². The lowest BCUT2D eigenvalue weighted by Gasteiger charge is -2.27. The third-order valence-corrected chi connectivity index (χ3v) is 4.01. The van der Waals surface area contributed by atoms with Gasteiger partial charge in [-0.1, -0.05) is 0 Å². The summed E-state index contributed by atoms with van der Waals surface area (Å²) in [7, 11) is -4.06. The molecule has 0 saturated heterocycles. The van der Waals surface area contributed by atoms with E-state index in [9.17, 15) is 28.5 Å². The first-order valence-electron chi connectivity index (χ1n) is 8.31. The smallest absolute Gasteiger partial charge is 0.407 e. The largest absolute Gasteiger partial charge is 0.449 e. The number of ether oxygens (including phenoxy) is 3. The fraction of sp³-hybridized carbons (Fsp3) is 0.929. The van der Waals surface area contributed by atoms with Gasteiger partial charge in [-0.2, -0.15) is 8.42 Å². The van der Waals surface area contributed by atoms with Gasteiger partial charge in [-0.15, -0.1) is 0 Å². The van der Waals surface area contributed by atoms with Gasteiger partial charge in [0.25, 0.3) is 10.1 Å². The molecule has 0 aliphatic carbocycles. The van der Waals surface area contributed by atoms with Crippen molar-refractivity contribution in [3.8, 4) is 0 Å². The van der Waals surface area contributed by atoms with Crippen LogP contribution in [0, 0.1) is 0 Å². The number of alkyl carbamates (subject to hydrolysis) is 1. The summed E-state index contributed by atoms with van der Waals surface area (Å²) in [4.78, 5) is 11.3. The van der Waals surface area contributed by atoms with Crippen molar-refractivity contribution in [1.29, 1.82) is 0 Å². The highest BCUT2D eigenvalue weighted by molar-refractivity contribution is 7.85. The van der Waals surface area contributed by atoms with Gasteiger partial charge in [0.1, 0.15) is 12.2 Å². The summed E-state index contributed by atoms with van der Waals surface area (Å²) < 4.78 is 44.7. The van der Waals surface area contributed by atoms with Crippen molar-refractivity contribution in [2.75, 3.05) is 38.7 Å². The fourth-order valence-corrected chi connectivity index (χ4v) is 2.32. The molecule has 162 valence electrons. The molecule has 0 aromatic carbocycles. The van der Waals surface area contributed by atoms with Crippen molar-refractivity contribution < 1.29 is 52.4 Å². The van der Waals surface area contributed by atoms with Crippen LogP contribution in [0.4, 0.5) is 4.79 Å². The first-order chi connectivity index (χ1) is 12.6. The highest BCUT2D eigenvalue weighted by Crippen LogP contribution is 2.08. The number of hydrogen-bond acceptors (Lipinski definition) is 10. The van der Waals surface area contributed by atoms with E-state index in [0.29, 0.717) is 0 Å². The highest BCUT2D eigenvalue weighted by Gasteiger charge is 2.26. The molecule has 0 heterocycles. The van der Waals surface area contributed by atoms with Crippen molar-refractivity contribution >= 4 is 16.2 Å². The number of aliphatic hydroxyl groups excluding tert-OH is 4. The van der Waals surface area contributed by atoms with Crippen LogP contribution >= 0.6 is 0 Å². The van der Waals surface area contributed by atoms with Gasteiger partial charge in [-0.05, 0) is 13.3 Å². The van der Waals surface area contributed by atoms with E-state index >= 15 is 0 Å². The molecular formula is C14H29NO11S. The predicted molar refractivity (Wildman–Crippen MR) is 91.5 cm³/mol. The summed E-state index contributed by atoms with van der Waals surface area (Å²) in [6.07, 6.45) is -5.28. The molecule has 13 heteroatoms. The maximum Gasteiger partial charge on any atom is 0.407 e. The summed E-state index contributed by atoms with van der Waals surface area (Å²) in [5, 5.41) is 39.6. The van der Waals surface area contributed by atoms with E-state index in [1.165, 1.54) is 6.92 Å². The Morgan fingerprint density at radius 3 is 2.30 bits per heavy atom. The summed E-state index contributed by atoms with van der Waals surface area (Å²) >= 11 is 0. The second kappa shape index (κ2) is 14.0. The number of carbonyl (C=O) groups is 1. The minimum Gasteiger partial charge on any atom is -0.449 e. The first kappa shape index (κ1) is 25.9. The molecule has 6 N–H and O–H groups in total. The van der Waals surface area contributed by atoms with Crippen molar-refractivity contribution in [3.05, 3.63) is 0 Å². The van der Waals surface area contributed by atoms with Gasteiger partial charge in [-0.3, -0.25) is 4.55 Å². The normalized spacial score (nSPS) is 16.4. The lowest BCUT2D eigenvalue weighted by Crippen LogP contribution is -2.43. The van der Waals surface area contributed by atoms with Crippen LogP contribution in [0.15, 0.2) is 0 Å². The van der Waals surface area contributed by atoms with Crippen LogP contribution in [0.5, 0.6) is 0 Å². The number of amides is 1. The molecule has 0 bridgehead atoms. The van der Waals surface area contributed by atoms with E-state index in [0.717, 1.165) is 0 Å². The average Bonchev–Trinajstić information content (AvgIpc) is 2.59. The van der Waals surface area contributed by atoms with Crippen LogP contribution in [0.25, 0.3) is 0 Å². The monoisotopic (exact) mass is 419 g/mol. The number of rotatable bonds is 15. The van der Waals surface area contributed by atoms with Crippen LogP contribution in [0.3, 0.4) is 0 Å². The third kappa shape index (κ3) is 13.7. The Balaban J connectivity index is 3.92. The Morgan fingerprint density at radius 2 is 1.78 bits per heavy atom. The van der Waals surface area contributed by atoms with Gasteiger partial charge < -0.3 is 40.0 Å². The Hall–Kier alpha value is -1.06. The van der Waals surface area contributed by atoms with Gasteiger partial charge >= 0.3 is 6.09 Å².